The Morgan fingerprint density at radius 2 is 1.08 bits per heavy atom. The maximum Gasteiger partial charge on any atom is 0.0653 e. The topological polar surface area (TPSA) is 0 Å². The summed E-state index contributed by atoms with van der Waals surface area (Å²) < 4.78 is 0. The third-order valence-corrected chi connectivity index (χ3v) is 5.89. The molecule has 0 N–H and O–H groups in total. The Balaban J connectivity index is 3.45. The van der Waals surface area contributed by atoms with Crippen molar-refractivity contribution in [3.63, 3.8) is 0 Å². The zero-order chi connectivity index (χ0) is 18.0. The summed E-state index contributed by atoms with van der Waals surface area (Å²) in [5.41, 5.74) is 0. The molecule has 1 heteroatoms. The lowest BCUT2D eigenvalue weighted by Crippen LogP contribution is -2.11. The third kappa shape index (κ3) is 14.4. The van der Waals surface area contributed by atoms with Crippen molar-refractivity contribution in [1.29, 1.82) is 0 Å². The van der Waals surface area contributed by atoms with Gasteiger partial charge in [-0.15, -0.1) is 0 Å². The minimum Gasteiger partial charge on any atom is -0.0884 e. The highest BCUT2D eigenvalue weighted by atomic mass is 14.2. The van der Waals surface area contributed by atoms with Crippen LogP contribution < -0.4 is 0 Å². The first-order chi connectivity index (χ1) is 11.7. The summed E-state index contributed by atoms with van der Waals surface area (Å²) in [6.45, 7) is 9.47. The van der Waals surface area contributed by atoms with Crippen LogP contribution >= 0.6 is 0 Å². The molecule has 1 unspecified atom stereocenters. The second-order valence-corrected chi connectivity index (χ2v) is 8.40. The van der Waals surface area contributed by atoms with Gasteiger partial charge in [0.2, 0.25) is 0 Å². The van der Waals surface area contributed by atoms with Gasteiger partial charge in [-0.1, -0.05) is 130 Å². The van der Waals surface area contributed by atoms with E-state index in [1.165, 1.54) is 96.3 Å². The van der Waals surface area contributed by atoms with Gasteiger partial charge in [0.15, 0.2) is 0 Å². The molecule has 0 bridgehead atoms. The van der Waals surface area contributed by atoms with E-state index in [-0.39, 0.29) is 0 Å². The van der Waals surface area contributed by atoms with Crippen LogP contribution in [-0.4, -0.2) is 7.85 Å². The molecule has 0 aliphatic heterocycles. The van der Waals surface area contributed by atoms with Gasteiger partial charge < -0.3 is 0 Å². The summed E-state index contributed by atoms with van der Waals surface area (Å²) >= 11 is 0. The number of unbranched alkanes of at least 4 members (excludes halogenated alkanes) is 7. The highest BCUT2D eigenvalue weighted by Crippen LogP contribution is 2.27. The Kier molecular flexibility index (Phi) is 17.9. The number of hydrogen-bond donors (Lipinski definition) is 0. The number of hydrogen-bond acceptors (Lipinski definition) is 0. The van der Waals surface area contributed by atoms with Crippen LogP contribution in [0.1, 0.15) is 124 Å². The predicted molar refractivity (Wildman–Crippen MR) is 113 cm³/mol. The highest BCUT2D eigenvalue weighted by Gasteiger charge is 2.14. The molecule has 0 fully saturated rings. The molecule has 0 aromatic rings. The SMILES string of the molecule is [B]CC[C@H](CCCCCCCCCCC(C)CCC)[C@@H](C)CCC. The fourth-order valence-corrected chi connectivity index (χ4v) is 4.22. The van der Waals surface area contributed by atoms with E-state index in [2.05, 4.69) is 27.7 Å². The van der Waals surface area contributed by atoms with Gasteiger partial charge >= 0.3 is 0 Å². The first kappa shape index (κ1) is 24.1. The van der Waals surface area contributed by atoms with Crippen LogP contribution in [0.3, 0.4) is 0 Å². The normalized spacial score (nSPS) is 15.3. The lowest BCUT2D eigenvalue weighted by molar-refractivity contribution is 0.297. The van der Waals surface area contributed by atoms with Crippen molar-refractivity contribution in [1.82, 2.24) is 0 Å². The van der Waals surface area contributed by atoms with Crippen molar-refractivity contribution in [3.8, 4) is 0 Å². The second-order valence-electron chi connectivity index (χ2n) is 8.40. The summed E-state index contributed by atoms with van der Waals surface area (Å²) in [4.78, 5) is 0. The van der Waals surface area contributed by atoms with Gasteiger partial charge in [-0.05, 0) is 17.8 Å². The van der Waals surface area contributed by atoms with Crippen LogP contribution in [0.2, 0.25) is 6.32 Å². The standard InChI is InChI=1S/C23H47B/c1-5-15-21(3)17-13-11-9-7-8-10-12-14-18-23(19-20-24)22(4)16-6-2/h21-23H,5-20H2,1-4H3/t21?,22-,23-/m0/s1. The molecule has 0 heterocycles. The van der Waals surface area contributed by atoms with E-state index < -0.39 is 0 Å². The summed E-state index contributed by atoms with van der Waals surface area (Å²) in [6, 6.07) is 0. The van der Waals surface area contributed by atoms with E-state index in [0.717, 1.165) is 24.1 Å². The lowest BCUT2D eigenvalue weighted by atomic mass is 9.80. The van der Waals surface area contributed by atoms with Crippen molar-refractivity contribution in [2.75, 3.05) is 0 Å². The zero-order valence-corrected chi connectivity index (χ0v) is 17.6. The molecule has 0 aliphatic carbocycles. The van der Waals surface area contributed by atoms with Crippen LogP contribution in [0.4, 0.5) is 0 Å². The number of rotatable bonds is 18. The van der Waals surface area contributed by atoms with Crippen LogP contribution in [0.5, 0.6) is 0 Å². The molecule has 0 amide bonds. The fraction of sp³-hybridized carbons (Fsp3) is 1.00. The summed E-state index contributed by atoms with van der Waals surface area (Å²) in [7, 11) is 5.81. The molecule has 0 aromatic heterocycles. The Bertz CT molecular complexity index is 238. The monoisotopic (exact) mass is 334 g/mol. The van der Waals surface area contributed by atoms with E-state index in [1.54, 1.807) is 0 Å². The van der Waals surface area contributed by atoms with Crippen molar-refractivity contribution < 1.29 is 0 Å². The maximum absolute atomic E-state index is 5.81. The average Bonchev–Trinajstić information content (AvgIpc) is 2.56. The van der Waals surface area contributed by atoms with Gasteiger partial charge in [-0.2, -0.15) is 0 Å². The molecule has 24 heavy (non-hydrogen) atoms. The second kappa shape index (κ2) is 17.9. The molecule has 0 saturated carbocycles. The molecule has 2 radical (unpaired) electrons. The minimum atomic E-state index is 0.869. The van der Waals surface area contributed by atoms with E-state index >= 15 is 0 Å². The highest BCUT2D eigenvalue weighted by molar-refractivity contribution is 6.08. The fourth-order valence-electron chi connectivity index (χ4n) is 4.22. The first-order valence-corrected chi connectivity index (χ1v) is 11.4. The van der Waals surface area contributed by atoms with E-state index in [1.807, 2.05) is 0 Å². The summed E-state index contributed by atoms with van der Waals surface area (Å²) in [5.74, 6) is 2.69. The Morgan fingerprint density at radius 1 is 0.583 bits per heavy atom. The van der Waals surface area contributed by atoms with Gasteiger partial charge in [-0.25, -0.2) is 0 Å². The largest absolute Gasteiger partial charge is 0.0884 e. The van der Waals surface area contributed by atoms with Crippen LogP contribution in [0, 0.1) is 17.8 Å². The molecule has 0 aliphatic rings. The smallest absolute Gasteiger partial charge is 0.0653 e. The molecule has 142 valence electrons. The van der Waals surface area contributed by atoms with Crippen molar-refractivity contribution >= 4 is 7.85 Å². The lowest BCUT2D eigenvalue weighted by Gasteiger charge is -2.23. The quantitative estimate of drug-likeness (QED) is 0.174. The maximum atomic E-state index is 5.81. The molecule has 0 nitrogen and oxygen atoms in total. The van der Waals surface area contributed by atoms with Gasteiger partial charge in [0.1, 0.15) is 0 Å². The molecule has 0 saturated heterocycles. The van der Waals surface area contributed by atoms with Gasteiger partial charge in [0.25, 0.3) is 0 Å². The minimum absolute atomic E-state index is 0.869. The van der Waals surface area contributed by atoms with Crippen LogP contribution in [-0.2, 0) is 0 Å². The predicted octanol–water partition coefficient (Wildman–Crippen LogP) is 8.35. The van der Waals surface area contributed by atoms with Gasteiger partial charge in [-0.3, -0.25) is 0 Å². The summed E-state index contributed by atoms with van der Waals surface area (Å²) in [6.07, 6.45) is 22.0. The Hall–Kier alpha value is 0.0649. The molecular weight excluding hydrogens is 287 g/mol. The van der Waals surface area contributed by atoms with Crippen molar-refractivity contribution in [2.45, 2.75) is 130 Å². The Morgan fingerprint density at radius 3 is 1.58 bits per heavy atom. The first-order valence-electron chi connectivity index (χ1n) is 11.4. The molecule has 0 spiro atoms. The van der Waals surface area contributed by atoms with Crippen LogP contribution in [0.15, 0.2) is 0 Å². The molecule has 0 aromatic carbocycles. The summed E-state index contributed by atoms with van der Waals surface area (Å²) in [5, 5.41) is 0. The van der Waals surface area contributed by atoms with Gasteiger partial charge in [0.05, 0.1) is 7.85 Å². The van der Waals surface area contributed by atoms with Crippen molar-refractivity contribution in [3.05, 3.63) is 0 Å². The van der Waals surface area contributed by atoms with Crippen molar-refractivity contribution in [2.24, 2.45) is 17.8 Å². The average molecular weight is 334 g/mol. The zero-order valence-electron chi connectivity index (χ0n) is 17.6. The molecular formula is C23H47B. The van der Waals surface area contributed by atoms with Crippen LogP contribution in [0.25, 0.3) is 0 Å². The molecule has 3 atom stereocenters. The van der Waals surface area contributed by atoms with Gasteiger partial charge in [0, 0.05) is 0 Å². The van der Waals surface area contributed by atoms with E-state index in [4.69, 9.17) is 7.85 Å². The van der Waals surface area contributed by atoms with E-state index in [9.17, 15) is 0 Å². The third-order valence-electron chi connectivity index (χ3n) is 5.89. The molecule has 0 rings (SSSR count). The van der Waals surface area contributed by atoms with E-state index in [0.29, 0.717) is 0 Å². The Labute approximate surface area is 156 Å².